The number of carbonyl (C=O) groups is 1. The molecule has 1 unspecified atom stereocenters. The highest BCUT2D eigenvalue weighted by Crippen LogP contribution is 2.36. The van der Waals surface area contributed by atoms with Gasteiger partial charge in [-0.25, -0.2) is 17.2 Å². The summed E-state index contributed by atoms with van der Waals surface area (Å²) in [5, 5.41) is 6.80. The maximum Gasteiger partial charge on any atom is 0.257 e. The minimum Gasteiger partial charge on any atom is -0.348 e. The number of ether oxygens (including phenoxy) is 2. The fourth-order valence-electron chi connectivity index (χ4n) is 4.82. The van der Waals surface area contributed by atoms with Gasteiger partial charge in [-0.1, -0.05) is 18.2 Å². The first-order valence-corrected chi connectivity index (χ1v) is 14.1. The lowest BCUT2D eigenvalue weighted by Crippen LogP contribution is -2.24. The van der Waals surface area contributed by atoms with Crippen molar-refractivity contribution in [2.24, 2.45) is 5.92 Å². The highest BCUT2D eigenvalue weighted by molar-refractivity contribution is 7.92. The number of allylic oxidation sites excluding steroid dienone is 1. The summed E-state index contributed by atoms with van der Waals surface area (Å²) >= 11 is 0. The van der Waals surface area contributed by atoms with Crippen LogP contribution in [0.2, 0.25) is 0 Å². The van der Waals surface area contributed by atoms with Gasteiger partial charge in [0.05, 0.1) is 23.3 Å². The molecule has 2 aliphatic carbocycles. The molecule has 1 aromatic heterocycles. The summed E-state index contributed by atoms with van der Waals surface area (Å²) in [7, 11) is -3.38. The molecule has 200 valence electrons. The van der Waals surface area contributed by atoms with E-state index in [1.165, 1.54) is 12.1 Å². The van der Waals surface area contributed by atoms with Crippen molar-refractivity contribution in [3.8, 4) is 0 Å². The molecular weight excluding hydrogens is 504 g/mol. The zero-order valence-electron chi connectivity index (χ0n) is 20.8. The number of nitrogens with zero attached hydrogens (tertiary/aromatic N) is 2. The number of sulfone groups is 1. The van der Waals surface area contributed by atoms with Crippen molar-refractivity contribution >= 4 is 27.1 Å². The summed E-state index contributed by atoms with van der Waals surface area (Å²) in [6.07, 6.45) is 1.25. The molecule has 0 radical (unpaired) electrons. The van der Waals surface area contributed by atoms with Gasteiger partial charge in [-0.05, 0) is 63.1 Å². The first-order chi connectivity index (χ1) is 17.5. The van der Waals surface area contributed by atoms with Crippen molar-refractivity contribution in [1.82, 2.24) is 9.78 Å². The Morgan fingerprint density at radius 3 is 2.43 bits per heavy atom. The number of amides is 1. The second-order valence-corrected chi connectivity index (χ2v) is 12.7. The lowest BCUT2D eigenvalue weighted by molar-refractivity contribution is -0.139. The van der Waals surface area contributed by atoms with Crippen LogP contribution in [0.5, 0.6) is 0 Å². The van der Waals surface area contributed by atoms with E-state index in [4.69, 9.17) is 9.47 Å². The molecular formula is C26H31F2N3O5S. The smallest absolute Gasteiger partial charge is 0.257 e. The van der Waals surface area contributed by atoms with Gasteiger partial charge in [0.1, 0.15) is 18.4 Å². The van der Waals surface area contributed by atoms with Crippen LogP contribution in [-0.4, -0.2) is 60.2 Å². The molecule has 1 aliphatic heterocycles. The fraction of sp³-hybridized carbons (Fsp3) is 0.538. The van der Waals surface area contributed by atoms with Crippen molar-refractivity contribution in [2.45, 2.75) is 80.5 Å². The molecule has 1 N–H and O–H groups in total. The highest BCUT2D eigenvalue weighted by atomic mass is 32.2. The van der Waals surface area contributed by atoms with Crippen molar-refractivity contribution in [3.05, 3.63) is 48.2 Å². The highest BCUT2D eigenvalue weighted by Gasteiger charge is 2.37. The third-order valence-electron chi connectivity index (χ3n) is 6.89. The molecule has 0 spiro atoms. The van der Waals surface area contributed by atoms with Crippen LogP contribution in [0, 0.1) is 5.92 Å². The lowest BCUT2D eigenvalue weighted by Gasteiger charge is -2.17. The predicted octanol–water partition coefficient (Wildman–Crippen LogP) is 4.08. The maximum absolute atomic E-state index is 13.8. The van der Waals surface area contributed by atoms with Gasteiger partial charge in [0, 0.05) is 17.8 Å². The summed E-state index contributed by atoms with van der Waals surface area (Å²) in [4.78, 5) is 13.5. The minimum absolute atomic E-state index is 0.0134. The SMILES string of the molecule is CC1(C)OC[C@H](Cn2ccc(NC(=O)/C(=C/C3C[C@@H](F)[C@@H](F)C3)c3ccc(S(=O)(=O)C4CC4)cc3)n2)O1. The van der Waals surface area contributed by atoms with Gasteiger partial charge in [-0.15, -0.1) is 0 Å². The number of aromatic nitrogens is 2. The van der Waals surface area contributed by atoms with Gasteiger partial charge < -0.3 is 14.8 Å². The van der Waals surface area contributed by atoms with Gasteiger partial charge in [-0.2, -0.15) is 5.10 Å². The molecule has 1 saturated heterocycles. The third kappa shape index (κ3) is 5.94. The van der Waals surface area contributed by atoms with Crippen LogP contribution in [0.1, 0.15) is 45.1 Å². The number of benzene rings is 1. The predicted molar refractivity (Wildman–Crippen MR) is 133 cm³/mol. The Bertz CT molecular complexity index is 1280. The summed E-state index contributed by atoms with van der Waals surface area (Å²) in [6, 6.07) is 7.73. The number of hydrogen-bond acceptors (Lipinski definition) is 6. The van der Waals surface area contributed by atoms with E-state index in [0.717, 1.165) is 0 Å². The van der Waals surface area contributed by atoms with E-state index < -0.39 is 39.8 Å². The monoisotopic (exact) mass is 535 g/mol. The summed E-state index contributed by atoms with van der Waals surface area (Å²) in [5.41, 5.74) is 0.675. The summed E-state index contributed by atoms with van der Waals surface area (Å²) in [5.74, 6) is -1.30. The largest absolute Gasteiger partial charge is 0.348 e. The molecule has 5 rings (SSSR count). The third-order valence-corrected chi connectivity index (χ3v) is 9.17. The van der Waals surface area contributed by atoms with E-state index in [2.05, 4.69) is 10.4 Å². The van der Waals surface area contributed by atoms with E-state index in [1.807, 2.05) is 13.8 Å². The topological polar surface area (TPSA) is 99.5 Å². The van der Waals surface area contributed by atoms with E-state index in [9.17, 15) is 22.0 Å². The zero-order chi connectivity index (χ0) is 26.4. The maximum atomic E-state index is 13.8. The molecule has 8 nitrogen and oxygen atoms in total. The Hall–Kier alpha value is -2.63. The first kappa shape index (κ1) is 26.0. The second kappa shape index (κ2) is 9.92. The van der Waals surface area contributed by atoms with Crippen LogP contribution in [0.3, 0.4) is 0 Å². The lowest BCUT2D eigenvalue weighted by atomic mass is 9.98. The molecule has 0 bridgehead atoms. The van der Waals surface area contributed by atoms with Crippen LogP contribution >= 0.6 is 0 Å². The fourth-order valence-corrected chi connectivity index (χ4v) is 6.47. The molecule has 2 heterocycles. The van der Waals surface area contributed by atoms with E-state index >= 15 is 0 Å². The van der Waals surface area contributed by atoms with Crippen molar-refractivity contribution in [1.29, 1.82) is 0 Å². The van der Waals surface area contributed by atoms with Gasteiger partial charge in [-0.3, -0.25) is 9.48 Å². The van der Waals surface area contributed by atoms with Gasteiger partial charge >= 0.3 is 0 Å². The number of rotatable bonds is 8. The molecule has 1 amide bonds. The van der Waals surface area contributed by atoms with Crippen LogP contribution in [0.25, 0.3) is 5.57 Å². The minimum atomic E-state index is -3.38. The van der Waals surface area contributed by atoms with E-state index in [0.29, 0.717) is 37.4 Å². The Morgan fingerprint density at radius 2 is 1.84 bits per heavy atom. The Kier molecular flexibility index (Phi) is 6.97. The van der Waals surface area contributed by atoms with Crippen LogP contribution in [0.15, 0.2) is 47.5 Å². The van der Waals surface area contributed by atoms with Gasteiger partial charge in [0.2, 0.25) is 0 Å². The Balaban J connectivity index is 1.34. The number of anilines is 1. The summed E-state index contributed by atoms with van der Waals surface area (Å²) < 4.78 is 65.8. The molecule has 4 atom stereocenters. The number of alkyl halides is 2. The van der Waals surface area contributed by atoms with Gasteiger partial charge in [0.25, 0.3) is 5.91 Å². The van der Waals surface area contributed by atoms with Crippen molar-refractivity contribution in [3.63, 3.8) is 0 Å². The van der Waals surface area contributed by atoms with E-state index in [1.54, 1.807) is 35.2 Å². The molecule has 1 aromatic carbocycles. The molecule has 2 saturated carbocycles. The second-order valence-electron chi connectivity index (χ2n) is 10.4. The van der Waals surface area contributed by atoms with Crippen LogP contribution < -0.4 is 5.32 Å². The number of halogens is 2. The Labute approximate surface area is 214 Å². The molecule has 3 aliphatic rings. The average Bonchev–Trinajstić information content (AvgIpc) is 3.44. The number of nitrogens with one attached hydrogen (secondary N) is 1. The molecule has 2 aromatic rings. The standard InChI is InChI=1S/C26H31F2N3O5S/c1-26(2)35-15-18(36-26)14-31-10-9-24(30-31)29-25(32)21(11-16-12-22(27)23(28)13-16)17-3-5-19(6-4-17)37(33,34)20-7-8-20/h3-6,9-11,16,18,20,22-23H,7-8,12-15H2,1-2H3,(H,29,30,32)/b21-11+/t16?,18-,22-,23+/m0/s1. The average molecular weight is 536 g/mol. The zero-order valence-corrected chi connectivity index (χ0v) is 21.6. The van der Waals surface area contributed by atoms with E-state index in [-0.39, 0.29) is 34.7 Å². The normalized spacial score (nSPS) is 27.9. The van der Waals surface area contributed by atoms with Crippen molar-refractivity contribution < 1.29 is 31.5 Å². The number of hydrogen-bond donors (Lipinski definition) is 1. The molecule has 37 heavy (non-hydrogen) atoms. The first-order valence-electron chi connectivity index (χ1n) is 12.5. The molecule has 3 fully saturated rings. The summed E-state index contributed by atoms with van der Waals surface area (Å²) in [6.45, 7) is 4.55. The Morgan fingerprint density at radius 1 is 1.16 bits per heavy atom. The van der Waals surface area contributed by atoms with Crippen LogP contribution in [0.4, 0.5) is 14.6 Å². The van der Waals surface area contributed by atoms with Gasteiger partial charge in [0.15, 0.2) is 21.4 Å². The van der Waals surface area contributed by atoms with Crippen LogP contribution in [-0.2, 0) is 30.7 Å². The number of carbonyl (C=O) groups excluding carboxylic acids is 1. The molecule has 11 heteroatoms. The van der Waals surface area contributed by atoms with Crippen molar-refractivity contribution in [2.75, 3.05) is 11.9 Å². The quantitative estimate of drug-likeness (QED) is 0.512.